The van der Waals surface area contributed by atoms with Gasteiger partial charge in [-0.1, -0.05) is 30.7 Å². The van der Waals surface area contributed by atoms with Gasteiger partial charge in [0.2, 0.25) is 0 Å². The standard InChI is InChI=1S/C10H13ClO/c1-7(8(2)12)9-4-3-5-10(11)6-9/h3-8,12H,1-2H3/t7-,8-/m1/s1. The van der Waals surface area contributed by atoms with Crippen LogP contribution in [-0.4, -0.2) is 11.2 Å². The highest BCUT2D eigenvalue weighted by molar-refractivity contribution is 6.30. The molecular formula is C10H13ClO. The minimum Gasteiger partial charge on any atom is -0.393 e. The smallest absolute Gasteiger partial charge is 0.0577 e. The van der Waals surface area contributed by atoms with Crippen LogP contribution >= 0.6 is 11.6 Å². The topological polar surface area (TPSA) is 20.2 Å². The Bertz CT molecular complexity index is 258. The molecule has 0 spiro atoms. The fraction of sp³-hybridized carbons (Fsp3) is 0.400. The first-order chi connectivity index (χ1) is 5.61. The van der Waals surface area contributed by atoms with Crippen molar-refractivity contribution in [3.05, 3.63) is 34.9 Å². The summed E-state index contributed by atoms with van der Waals surface area (Å²) in [6.07, 6.45) is -0.330. The molecule has 1 rings (SSSR count). The van der Waals surface area contributed by atoms with Crippen LogP contribution in [0.15, 0.2) is 24.3 Å². The largest absolute Gasteiger partial charge is 0.393 e. The van der Waals surface area contributed by atoms with Gasteiger partial charge in [-0.3, -0.25) is 0 Å². The number of rotatable bonds is 2. The average Bonchev–Trinajstić information content (AvgIpc) is 2.03. The number of benzene rings is 1. The number of hydrogen-bond acceptors (Lipinski definition) is 1. The number of aliphatic hydroxyl groups excluding tert-OH is 1. The lowest BCUT2D eigenvalue weighted by Crippen LogP contribution is -2.10. The first-order valence-corrected chi connectivity index (χ1v) is 4.42. The summed E-state index contributed by atoms with van der Waals surface area (Å²) < 4.78 is 0. The number of hydrogen-bond donors (Lipinski definition) is 1. The van der Waals surface area contributed by atoms with Gasteiger partial charge in [-0.05, 0) is 24.6 Å². The molecule has 0 aliphatic carbocycles. The third-order valence-corrected chi connectivity index (χ3v) is 2.33. The van der Waals surface area contributed by atoms with Gasteiger partial charge in [0, 0.05) is 10.9 Å². The molecule has 1 N–H and O–H groups in total. The molecule has 0 heterocycles. The molecule has 2 heteroatoms. The van der Waals surface area contributed by atoms with Gasteiger partial charge < -0.3 is 5.11 Å². The van der Waals surface area contributed by atoms with E-state index >= 15 is 0 Å². The second kappa shape index (κ2) is 3.92. The zero-order chi connectivity index (χ0) is 9.14. The van der Waals surface area contributed by atoms with Crippen LogP contribution in [-0.2, 0) is 0 Å². The van der Waals surface area contributed by atoms with E-state index in [1.54, 1.807) is 6.92 Å². The van der Waals surface area contributed by atoms with E-state index in [-0.39, 0.29) is 12.0 Å². The van der Waals surface area contributed by atoms with E-state index in [2.05, 4.69) is 0 Å². The number of halogens is 1. The molecule has 1 aromatic rings. The van der Waals surface area contributed by atoms with Gasteiger partial charge in [-0.2, -0.15) is 0 Å². The van der Waals surface area contributed by atoms with Crippen molar-refractivity contribution >= 4 is 11.6 Å². The van der Waals surface area contributed by atoms with Gasteiger partial charge in [-0.15, -0.1) is 0 Å². The molecule has 0 saturated carbocycles. The third kappa shape index (κ3) is 2.23. The third-order valence-electron chi connectivity index (χ3n) is 2.10. The van der Waals surface area contributed by atoms with Crippen LogP contribution in [0.25, 0.3) is 0 Å². The second-order valence-electron chi connectivity index (χ2n) is 3.08. The van der Waals surface area contributed by atoms with Crippen molar-refractivity contribution in [2.24, 2.45) is 0 Å². The lowest BCUT2D eigenvalue weighted by Gasteiger charge is -2.14. The van der Waals surface area contributed by atoms with E-state index in [9.17, 15) is 5.11 Å². The molecule has 0 amide bonds. The second-order valence-corrected chi connectivity index (χ2v) is 3.52. The lowest BCUT2D eigenvalue weighted by atomic mass is 9.97. The van der Waals surface area contributed by atoms with E-state index in [4.69, 9.17) is 11.6 Å². The lowest BCUT2D eigenvalue weighted by molar-refractivity contribution is 0.169. The molecule has 66 valence electrons. The van der Waals surface area contributed by atoms with Crippen LogP contribution < -0.4 is 0 Å². The summed E-state index contributed by atoms with van der Waals surface area (Å²) in [6, 6.07) is 7.60. The molecule has 0 radical (unpaired) electrons. The van der Waals surface area contributed by atoms with E-state index in [0.29, 0.717) is 0 Å². The van der Waals surface area contributed by atoms with Crippen LogP contribution in [0.2, 0.25) is 5.02 Å². The van der Waals surface area contributed by atoms with Crippen LogP contribution in [0.3, 0.4) is 0 Å². The van der Waals surface area contributed by atoms with Crippen LogP contribution in [0.5, 0.6) is 0 Å². The molecule has 0 fully saturated rings. The summed E-state index contributed by atoms with van der Waals surface area (Å²) in [5, 5.41) is 10.0. The minimum absolute atomic E-state index is 0.142. The predicted molar refractivity (Wildman–Crippen MR) is 51.5 cm³/mol. The molecule has 1 aromatic carbocycles. The minimum atomic E-state index is -0.330. The zero-order valence-corrected chi connectivity index (χ0v) is 8.05. The van der Waals surface area contributed by atoms with E-state index in [1.165, 1.54) is 0 Å². The molecular weight excluding hydrogens is 172 g/mol. The highest BCUT2D eigenvalue weighted by Crippen LogP contribution is 2.21. The molecule has 12 heavy (non-hydrogen) atoms. The molecule has 0 bridgehead atoms. The van der Waals surface area contributed by atoms with Crippen molar-refractivity contribution in [1.29, 1.82) is 0 Å². The molecule has 1 nitrogen and oxygen atoms in total. The van der Waals surface area contributed by atoms with E-state index in [0.717, 1.165) is 10.6 Å². The van der Waals surface area contributed by atoms with E-state index < -0.39 is 0 Å². The maximum absolute atomic E-state index is 9.32. The summed E-state index contributed by atoms with van der Waals surface area (Å²) >= 11 is 5.81. The quantitative estimate of drug-likeness (QED) is 0.750. The Morgan fingerprint density at radius 1 is 1.33 bits per heavy atom. The Labute approximate surface area is 78.0 Å². The van der Waals surface area contributed by atoms with Crippen molar-refractivity contribution in [2.75, 3.05) is 0 Å². The Kier molecular flexibility index (Phi) is 3.12. The molecule has 0 aliphatic rings. The zero-order valence-electron chi connectivity index (χ0n) is 7.29. The van der Waals surface area contributed by atoms with Crippen molar-refractivity contribution in [1.82, 2.24) is 0 Å². The van der Waals surface area contributed by atoms with Crippen molar-refractivity contribution in [3.63, 3.8) is 0 Å². The Morgan fingerprint density at radius 3 is 2.50 bits per heavy atom. The normalized spacial score (nSPS) is 15.7. The molecule has 2 atom stereocenters. The molecule has 0 saturated heterocycles. The molecule has 0 aromatic heterocycles. The maximum Gasteiger partial charge on any atom is 0.0577 e. The number of aliphatic hydroxyl groups is 1. The van der Waals surface area contributed by atoms with Gasteiger partial charge in [0.05, 0.1) is 6.10 Å². The van der Waals surface area contributed by atoms with Crippen LogP contribution in [0.1, 0.15) is 25.3 Å². The van der Waals surface area contributed by atoms with Gasteiger partial charge in [0.25, 0.3) is 0 Å². The van der Waals surface area contributed by atoms with Gasteiger partial charge in [-0.25, -0.2) is 0 Å². The first-order valence-electron chi connectivity index (χ1n) is 4.05. The molecule has 0 aliphatic heterocycles. The Balaban J connectivity index is 2.88. The highest BCUT2D eigenvalue weighted by Gasteiger charge is 2.10. The van der Waals surface area contributed by atoms with Crippen molar-refractivity contribution < 1.29 is 5.11 Å². The van der Waals surface area contributed by atoms with Gasteiger partial charge in [0.15, 0.2) is 0 Å². The van der Waals surface area contributed by atoms with Crippen molar-refractivity contribution in [3.8, 4) is 0 Å². The van der Waals surface area contributed by atoms with Gasteiger partial charge >= 0.3 is 0 Å². The van der Waals surface area contributed by atoms with Gasteiger partial charge in [0.1, 0.15) is 0 Å². The monoisotopic (exact) mass is 184 g/mol. The Morgan fingerprint density at radius 2 is 2.00 bits per heavy atom. The maximum atomic E-state index is 9.32. The van der Waals surface area contributed by atoms with Crippen LogP contribution in [0, 0.1) is 0 Å². The predicted octanol–water partition coefficient (Wildman–Crippen LogP) is 2.82. The van der Waals surface area contributed by atoms with Crippen LogP contribution in [0.4, 0.5) is 0 Å². The summed E-state index contributed by atoms with van der Waals surface area (Å²) in [5.74, 6) is 0.142. The van der Waals surface area contributed by atoms with Crippen molar-refractivity contribution in [2.45, 2.75) is 25.9 Å². The summed E-state index contributed by atoms with van der Waals surface area (Å²) in [5.41, 5.74) is 1.08. The first kappa shape index (κ1) is 9.56. The molecule has 0 unspecified atom stereocenters. The fourth-order valence-corrected chi connectivity index (χ4v) is 1.27. The average molecular weight is 185 g/mol. The van der Waals surface area contributed by atoms with E-state index in [1.807, 2.05) is 31.2 Å². The summed E-state index contributed by atoms with van der Waals surface area (Å²) in [4.78, 5) is 0. The summed E-state index contributed by atoms with van der Waals surface area (Å²) in [6.45, 7) is 3.77. The summed E-state index contributed by atoms with van der Waals surface area (Å²) in [7, 11) is 0. The SMILES string of the molecule is C[C@@H](O)[C@@H](C)c1cccc(Cl)c1. The Hall–Kier alpha value is -0.530. The fourth-order valence-electron chi connectivity index (χ4n) is 1.07. The highest BCUT2D eigenvalue weighted by atomic mass is 35.5.